The monoisotopic (exact) mass is 270 g/mol. The van der Waals surface area contributed by atoms with Crippen LogP contribution < -0.4 is 11.5 Å². The molecule has 0 aromatic rings. The fraction of sp³-hybridized carbons (Fsp3) is 0.818. The maximum absolute atomic E-state index is 13.0. The van der Waals surface area contributed by atoms with Crippen molar-refractivity contribution in [3.63, 3.8) is 0 Å². The van der Waals surface area contributed by atoms with E-state index in [1.165, 1.54) is 6.34 Å². The molecule has 0 amide bonds. The van der Waals surface area contributed by atoms with Gasteiger partial charge in [-0.1, -0.05) is 13.8 Å². The number of rotatable bonds is 4. The molecule has 4 atom stereocenters. The van der Waals surface area contributed by atoms with Gasteiger partial charge in [-0.25, -0.2) is 4.99 Å². The van der Waals surface area contributed by atoms with Crippen molar-refractivity contribution in [1.82, 2.24) is 0 Å². The molecule has 4 unspecified atom stereocenters. The second-order valence-electron chi connectivity index (χ2n) is 5.40. The molecule has 1 fully saturated rings. The zero-order valence-corrected chi connectivity index (χ0v) is 11.5. The van der Waals surface area contributed by atoms with E-state index in [0.29, 0.717) is 12.8 Å². The predicted molar refractivity (Wildman–Crippen MR) is 73.3 cm³/mol. The Hall–Kier alpha value is -0.900. The van der Waals surface area contributed by atoms with Crippen molar-refractivity contribution in [3.05, 3.63) is 10.4 Å². The smallest absolute Gasteiger partial charge is 0.271 e. The molecule has 0 aromatic heterocycles. The number of quaternary nitrogens is 2. The third-order valence-corrected chi connectivity index (χ3v) is 3.81. The van der Waals surface area contributed by atoms with E-state index in [2.05, 4.69) is 9.98 Å². The van der Waals surface area contributed by atoms with Crippen LogP contribution in [-0.2, 0) is 0 Å². The summed E-state index contributed by atoms with van der Waals surface area (Å²) in [4.78, 5) is 8.03. The van der Waals surface area contributed by atoms with E-state index in [0.717, 1.165) is 0 Å². The van der Waals surface area contributed by atoms with Crippen LogP contribution in [0.15, 0.2) is 9.98 Å². The van der Waals surface area contributed by atoms with Gasteiger partial charge in [-0.15, -0.1) is 0 Å². The second kappa shape index (κ2) is 4.58. The van der Waals surface area contributed by atoms with Crippen molar-refractivity contribution >= 4 is 12.2 Å². The topological polar surface area (TPSA) is 123 Å². The Bertz CT molecular complexity index is 427. The normalized spacial score (nSPS) is 45.2. The van der Waals surface area contributed by atoms with Gasteiger partial charge in [0, 0.05) is 0 Å². The van der Waals surface area contributed by atoms with Crippen LogP contribution in [0, 0.1) is 10.4 Å². The fourth-order valence-corrected chi connectivity index (χ4v) is 3.01. The lowest BCUT2D eigenvalue weighted by Gasteiger charge is -2.60. The minimum Gasteiger partial charge on any atom is -0.627 e. The number of nitrogens with zero attached hydrogens (tertiary/aromatic N) is 4. The number of hydrogen-bond donors (Lipinski definition) is 2. The maximum atomic E-state index is 13.0. The quantitative estimate of drug-likeness (QED) is 0.541. The Balaban J connectivity index is 2.45. The highest BCUT2D eigenvalue weighted by atomic mass is 16.6. The van der Waals surface area contributed by atoms with Crippen molar-refractivity contribution in [2.75, 3.05) is 19.8 Å². The molecule has 0 spiro atoms. The van der Waals surface area contributed by atoms with Crippen LogP contribution in [0.5, 0.6) is 0 Å². The Morgan fingerprint density at radius 1 is 1.37 bits per heavy atom. The average molecular weight is 270 g/mol. The largest absolute Gasteiger partial charge is 0.627 e. The second-order valence-corrected chi connectivity index (χ2v) is 5.40. The Labute approximate surface area is 112 Å². The van der Waals surface area contributed by atoms with Crippen molar-refractivity contribution in [2.45, 2.75) is 38.5 Å². The minimum atomic E-state index is -1.47. The van der Waals surface area contributed by atoms with Crippen LogP contribution in [0.1, 0.15) is 26.7 Å². The van der Waals surface area contributed by atoms with Gasteiger partial charge in [-0.2, -0.15) is 4.99 Å². The molecule has 0 bridgehead atoms. The molecule has 2 rings (SSSR count). The zero-order chi connectivity index (χ0) is 14.3. The van der Waals surface area contributed by atoms with Crippen molar-refractivity contribution in [3.8, 4) is 0 Å². The van der Waals surface area contributed by atoms with Crippen LogP contribution in [0.2, 0.25) is 0 Å². The van der Waals surface area contributed by atoms with Gasteiger partial charge in [0.25, 0.3) is 11.5 Å². The number of aliphatic imine (C=N–C) groups is 2. The summed E-state index contributed by atoms with van der Waals surface area (Å²) in [5.74, 6) is 0.169. The van der Waals surface area contributed by atoms with Crippen LogP contribution in [0.4, 0.5) is 0 Å². The van der Waals surface area contributed by atoms with E-state index in [9.17, 15) is 10.4 Å². The lowest BCUT2D eigenvalue weighted by atomic mass is 10.0. The van der Waals surface area contributed by atoms with Gasteiger partial charge < -0.3 is 10.4 Å². The summed E-state index contributed by atoms with van der Waals surface area (Å²) in [6.45, 7) is 4.12. The van der Waals surface area contributed by atoms with Crippen LogP contribution in [-0.4, -0.2) is 53.1 Å². The molecule has 2 heterocycles. The summed E-state index contributed by atoms with van der Waals surface area (Å²) < 4.78 is -1.63. The van der Waals surface area contributed by atoms with Gasteiger partial charge in [0.2, 0.25) is 6.67 Å². The third kappa shape index (κ3) is 2.00. The third-order valence-electron chi connectivity index (χ3n) is 3.81. The molecule has 2 aliphatic rings. The molecule has 0 radical (unpaired) electrons. The summed E-state index contributed by atoms with van der Waals surface area (Å²) in [7, 11) is 0. The Morgan fingerprint density at radius 2 is 2.00 bits per heavy atom. The summed E-state index contributed by atoms with van der Waals surface area (Å²) in [6, 6.07) is 0. The summed E-state index contributed by atoms with van der Waals surface area (Å²) in [5, 5.41) is 25.8. The molecule has 0 aromatic carbocycles. The summed E-state index contributed by atoms with van der Waals surface area (Å²) >= 11 is 0. The van der Waals surface area contributed by atoms with Gasteiger partial charge >= 0.3 is 0 Å². The first-order valence-electron chi connectivity index (χ1n) is 6.65. The highest BCUT2D eigenvalue weighted by molar-refractivity contribution is 5.97. The standard InChI is InChI=1S/C11H22N6O2/c1-3-5-16(18)8-17(19,6-4-2)10-11(13,9(16)12)15-7-14-10/h7,9H,3-6,8,12-13H2,1-2H3. The Kier molecular flexibility index (Phi) is 3.50. The number of amidine groups is 1. The van der Waals surface area contributed by atoms with Crippen molar-refractivity contribution in [2.24, 2.45) is 21.5 Å². The first kappa shape index (κ1) is 14.5. The molecule has 8 nitrogen and oxygen atoms in total. The summed E-state index contributed by atoms with van der Waals surface area (Å²) in [5.41, 5.74) is 10.7. The molecule has 2 aliphatic heterocycles. The van der Waals surface area contributed by atoms with Gasteiger partial charge in [0.05, 0.1) is 13.1 Å². The molecule has 1 saturated heterocycles. The zero-order valence-electron chi connectivity index (χ0n) is 11.5. The van der Waals surface area contributed by atoms with E-state index >= 15 is 0 Å². The maximum Gasteiger partial charge on any atom is 0.271 e. The predicted octanol–water partition coefficient (Wildman–Crippen LogP) is -0.213. The fourth-order valence-electron chi connectivity index (χ4n) is 3.01. The van der Waals surface area contributed by atoms with Crippen molar-refractivity contribution in [1.29, 1.82) is 0 Å². The lowest BCUT2D eigenvalue weighted by Crippen LogP contribution is -2.83. The van der Waals surface area contributed by atoms with E-state index in [4.69, 9.17) is 11.5 Å². The molecule has 8 heteroatoms. The minimum absolute atomic E-state index is 0.169. The van der Waals surface area contributed by atoms with Gasteiger partial charge in [-0.3, -0.25) is 20.8 Å². The average Bonchev–Trinajstić information content (AvgIpc) is 2.72. The molecule has 19 heavy (non-hydrogen) atoms. The molecule has 108 valence electrons. The summed E-state index contributed by atoms with van der Waals surface area (Å²) in [6.07, 6.45) is 1.54. The Morgan fingerprint density at radius 3 is 2.58 bits per heavy atom. The molecule has 0 saturated carbocycles. The number of fused-ring (bicyclic) bond motifs is 1. The molecular formula is C11H22N6O2. The SMILES string of the molecule is CCC[N+]1([O-])C[N+]([O-])(CCC)C(N)C2(N)N=CN=C21. The first-order valence-corrected chi connectivity index (χ1v) is 6.65. The van der Waals surface area contributed by atoms with Crippen LogP contribution in [0.25, 0.3) is 0 Å². The van der Waals surface area contributed by atoms with Crippen molar-refractivity contribution < 1.29 is 9.29 Å². The highest BCUT2D eigenvalue weighted by Gasteiger charge is 2.61. The molecular weight excluding hydrogens is 248 g/mol. The van der Waals surface area contributed by atoms with Crippen LogP contribution in [0.3, 0.4) is 0 Å². The number of hydroxylamine groups is 6. The van der Waals surface area contributed by atoms with E-state index in [1.54, 1.807) is 0 Å². The van der Waals surface area contributed by atoms with E-state index < -0.39 is 21.1 Å². The lowest BCUT2D eigenvalue weighted by molar-refractivity contribution is -1.05. The van der Waals surface area contributed by atoms with Crippen LogP contribution >= 0.6 is 0 Å². The van der Waals surface area contributed by atoms with E-state index in [-0.39, 0.29) is 25.6 Å². The molecule has 0 aliphatic carbocycles. The number of hydrogen-bond acceptors (Lipinski definition) is 6. The van der Waals surface area contributed by atoms with Gasteiger partial charge in [-0.05, 0) is 12.8 Å². The van der Waals surface area contributed by atoms with Gasteiger partial charge in [0.15, 0.2) is 6.17 Å². The van der Waals surface area contributed by atoms with Gasteiger partial charge in [0.1, 0.15) is 6.34 Å². The first-order chi connectivity index (χ1) is 8.82. The highest BCUT2D eigenvalue weighted by Crippen LogP contribution is 2.35. The van der Waals surface area contributed by atoms with E-state index in [1.807, 2.05) is 13.8 Å². The molecule has 4 N–H and O–H groups in total. The number of nitrogens with two attached hydrogens (primary N) is 2.